The van der Waals surface area contributed by atoms with E-state index in [4.69, 9.17) is 10.2 Å². The molecule has 0 fully saturated rings. The lowest BCUT2D eigenvalue weighted by molar-refractivity contribution is 0.281. The van der Waals surface area contributed by atoms with Crippen molar-refractivity contribution in [3.63, 3.8) is 0 Å². The number of anilines is 1. The summed E-state index contributed by atoms with van der Waals surface area (Å²) in [6.45, 7) is 5.70. The van der Waals surface area contributed by atoms with Gasteiger partial charge in [0.1, 0.15) is 5.82 Å². The van der Waals surface area contributed by atoms with Gasteiger partial charge in [-0.2, -0.15) is 0 Å². The standard InChI is InChI=1S/C12H20N2O2/c1-3-4-14(5-6-15)12-10(2)7-11(9-16)8-13-12/h7-8,15-16H,3-6,9H2,1-2H3. The molecule has 0 bridgehead atoms. The van der Waals surface area contributed by atoms with E-state index in [9.17, 15) is 0 Å². The first-order chi connectivity index (χ1) is 7.72. The molecule has 1 rings (SSSR count). The van der Waals surface area contributed by atoms with E-state index in [-0.39, 0.29) is 13.2 Å². The third-order valence-corrected chi connectivity index (χ3v) is 2.45. The highest BCUT2D eigenvalue weighted by atomic mass is 16.3. The monoisotopic (exact) mass is 224 g/mol. The van der Waals surface area contributed by atoms with E-state index in [1.54, 1.807) is 6.20 Å². The molecule has 0 aliphatic rings. The Hall–Kier alpha value is -1.13. The molecule has 90 valence electrons. The summed E-state index contributed by atoms with van der Waals surface area (Å²) in [6, 6.07) is 1.93. The third kappa shape index (κ3) is 3.18. The van der Waals surface area contributed by atoms with Gasteiger partial charge in [0.15, 0.2) is 0 Å². The van der Waals surface area contributed by atoms with Crippen LogP contribution in [0.1, 0.15) is 24.5 Å². The number of aromatic nitrogens is 1. The van der Waals surface area contributed by atoms with Crippen LogP contribution in [0.5, 0.6) is 0 Å². The maximum Gasteiger partial charge on any atom is 0.131 e. The predicted molar refractivity (Wildman–Crippen MR) is 64.5 cm³/mol. The van der Waals surface area contributed by atoms with Gasteiger partial charge in [-0.05, 0) is 30.5 Å². The molecular weight excluding hydrogens is 204 g/mol. The van der Waals surface area contributed by atoms with E-state index >= 15 is 0 Å². The van der Waals surface area contributed by atoms with Crippen LogP contribution in [0.3, 0.4) is 0 Å². The molecule has 0 saturated carbocycles. The van der Waals surface area contributed by atoms with E-state index in [2.05, 4.69) is 16.8 Å². The molecule has 0 atom stereocenters. The zero-order valence-electron chi connectivity index (χ0n) is 9.98. The summed E-state index contributed by atoms with van der Waals surface area (Å²) in [5, 5.41) is 18.0. The van der Waals surface area contributed by atoms with Crippen molar-refractivity contribution in [2.24, 2.45) is 0 Å². The highest BCUT2D eigenvalue weighted by molar-refractivity contribution is 5.47. The van der Waals surface area contributed by atoms with Gasteiger partial charge < -0.3 is 15.1 Å². The van der Waals surface area contributed by atoms with Crippen LogP contribution in [0.2, 0.25) is 0 Å². The molecule has 16 heavy (non-hydrogen) atoms. The van der Waals surface area contributed by atoms with Crippen molar-refractivity contribution in [3.8, 4) is 0 Å². The van der Waals surface area contributed by atoms with Crippen molar-refractivity contribution >= 4 is 5.82 Å². The molecule has 0 unspecified atom stereocenters. The fourth-order valence-electron chi connectivity index (χ4n) is 1.76. The van der Waals surface area contributed by atoms with E-state index in [0.717, 1.165) is 29.9 Å². The highest BCUT2D eigenvalue weighted by Gasteiger charge is 2.09. The Morgan fingerprint density at radius 3 is 2.56 bits per heavy atom. The van der Waals surface area contributed by atoms with Gasteiger partial charge in [0.25, 0.3) is 0 Å². The molecule has 1 heterocycles. The minimum absolute atomic E-state index is 0.0158. The molecule has 4 heteroatoms. The summed E-state index contributed by atoms with van der Waals surface area (Å²) in [6.07, 6.45) is 2.70. The Bertz CT molecular complexity index is 323. The summed E-state index contributed by atoms with van der Waals surface area (Å²) in [5.74, 6) is 0.896. The number of aryl methyl sites for hydroxylation is 1. The largest absolute Gasteiger partial charge is 0.395 e. The van der Waals surface area contributed by atoms with E-state index in [0.29, 0.717) is 6.54 Å². The van der Waals surface area contributed by atoms with Gasteiger partial charge in [-0.15, -0.1) is 0 Å². The molecular formula is C12H20N2O2. The molecule has 0 spiro atoms. The minimum atomic E-state index is 0.0158. The van der Waals surface area contributed by atoms with Crippen molar-refractivity contribution in [2.45, 2.75) is 26.9 Å². The Kier molecular flexibility index (Phi) is 5.22. The van der Waals surface area contributed by atoms with Crippen molar-refractivity contribution in [1.82, 2.24) is 4.98 Å². The molecule has 4 nitrogen and oxygen atoms in total. The average Bonchev–Trinajstić information content (AvgIpc) is 2.29. The molecule has 1 aromatic heterocycles. The molecule has 0 aliphatic heterocycles. The van der Waals surface area contributed by atoms with Crippen LogP contribution in [-0.4, -0.2) is 34.9 Å². The van der Waals surface area contributed by atoms with Crippen molar-refractivity contribution in [3.05, 3.63) is 23.4 Å². The van der Waals surface area contributed by atoms with Crippen LogP contribution in [0.25, 0.3) is 0 Å². The number of nitrogens with zero attached hydrogens (tertiary/aromatic N) is 2. The Labute approximate surface area is 96.6 Å². The molecule has 0 aliphatic carbocycles. The molecule has 0 saturated heterocycles. The molecule has 2 N–H and O–H groups in total. The summed E-state index contributed by atoms with van der Waals surface area (Å²) in [5.41, 5.74) is 1.86. The number of pyridine rings is 1. The Morgan fingerprint density at radius 2 is 2.06 bits per heavy atom. The van der Waals surface area contributed by atoms with Crippen molar-refractivity contribution in [2.75, 3.05) is 24.6 Å². The molecule has 0 radical (unpaired) electrons. The van der Waals surface area contributed by atoms with Gasteiger partial charge in [-0.3, -0.25) is 0 Å². The quantitative estimate of drug-likeness (QED) is 0.759. The van der Waals surface area contributed by atoms with Crippen LogP contribution in [0, 0.1) is 6.92 Å². The zero-order chi connectivity index (χ0) is 12.0. The molecule has 1 aromatic rings. The van der Waals surface area contributed by atoms with Crippen molar-refractivity contribution < 1.29 is 10.2 Å². The topological polar surface area (TPSA) is 56.6 Å². The fourth-order valence-corrected chi connectivity index (χ4v) is 1.76. The maximum absolute atomic E-state index is 9.01. The highest BCUT2D eigenvalue weighted by Crippen LogP contribution is 2.18. The number of aliphatic hydroxyl groups excluding tert-OH is 2. The second-order valence-corrected chi connectivity index (χ2v) is 3.85. The summed E-state index contributed by atoms with van der Waals surface area (Å²) >= 11 is 0. The van der Waals surface area contributed by atoms with Crippen LogP contribution in [-0.2, 0) is 6.61 Å². The average molecular weight is 224 g/mol. The van der Waals surface area contributed by atoms with Crippen LogP contribution < -0.4 is 4.90 Å². The van der Waals surface area contributed by atoms with Crippen molar-refractivity contribution in [1.29, 1.82) is 0 Å². The molecule has 0 aromatic carbocycles. The summed E-state index contributed by atoms with van der Waals surface area (Å²) in [4.78, 5) is 6.41. The van der Waals surface area contributed by atoms with Crippen LogP contribution in [0.4, 0.5) is 5.82 Å². The second kappa shape index (κ2) is 6.45. The second-order valence-electron chi connectivity index (χ2n) is 3.85. The number of hydrogen-bond donors (Lipinski definition) is 2. The first-order valence-corrected chi connectivity index (χ1v) is 5.65. The number of rotatable bonds is 6. The first kappa shape index (κ1) is 12.9. The number of aliphatic hydroxyl groups is 2. The Balaban J connectivity index is 2.90. The van der Waals surface area contributed by atoms with Crippen LogP contribution in [0.15, 0.2) is 12.3 Å². The van der Waals surface area contributed by atoms with Crippen LogP contribution >= 0.6 is 0 Å². The maximum atomic E-state index is 9.01. The van der Waals surface area contributed by atoms with Gasteiger partial charge in [0.2, 0.25) is 0 Å². The zero-order valence-corrected chi connectivity index (χ0v) is 9.98. The lowest BCUT2D eigenvalue weighted by atomic mass is 10.2. The number of hydrogen-bond acceptors (Lipinski definition) is 4. The smallest absolute Gasteiger partial charge is 0.131 e. The summed E-state index contributed by atoms with van der Waals surface area (Å²) < 4.78 is 0. The van der Waals surface area contributed by atoms with Gasteiger partial charge in [0, 0.05) is 19.3 Å². The van der Waals surface area contributed by atoms with Gasteiger partial charge >= 0.3 is 0 Å². The normalized spacial score (nSPS) is 10.5. The Morgan fingerprint density at radius 1 is 1.31 bits per heavy atom. The minimum Gasteiger partial charge on any atom is -0.395 e. The van der Waals surface area contributed by atoms with Gasteiger partial charge in [-0.25, -0.2) is 4.98 Å². The van der Waals surface area contributed by atoms with Gasteiger partial charge in [-0.1, -0.05) is 6.92 Å². The lowest BCUT2D eigenvalue weighted by Gasteiger charge is -2.24. The van der Waals surface area contributed by atoms with E-state index < -0.39 is 0 Å². The fraction of sp³-hybridized carbons (Fsp3) is 0.583. The molecule has 0 amide bonds. The van der Waals surface area contributed by atoms with E-state index in [1.807, 2.05) is 13.0 Å². The third-order valence-electron chi connectivity index (χ3n) is 2.45. The van der Waals surface area contributed by atoms with Gasteiger partial charge in [0.05, 0.1) is 13.2 Å². The summed E-state index contributed by atoms with van der Waals surface area (Å²) in [7, 11) is 0. The first-order valence-electron chi connectivity index (χ1n) is 5.65. The SMILES string of the molecule is CCCN(CCO)c1ncc(CO)cc1C. The lowest BCUT2D eigenvalue weighted by Crippen LogP contribution is -2.29. The van der Waals surface area contributed by atoms with E-state index in [1.165, 1.54) is 0 Å². The predicted octanol–water partition coefficient (Wildman–Crippen LogP) is 1.09.